The van der Waals surface area contributed by atoms with Gasteiger partial charge in [0.15, 0.2) is 0 Å². The zero-order valence-corrected chi connectivity index (χ0v) is 7.31. The van der Waals surface area contributed by atoms with Crippen LogP contribution in [-0.2, 0) is 0 Å². The number of hydrogen-bond acceptors (Lipinski definition) is 0. The Morgan fingerprint density at radius 1 is 1.45 bits per heavy atom. The summed E-state index contributed by atoms with van der Waals surface area (Å²) >= 11 is 0. The first kappa shape index (κ1) is 8.58. The van der Waals surface area contributed by atoms with Gasteiger partial charge in [0.2, 0.25) is 0 Å². The van der Waals surface area contributed by atoms with E-state index in [4.69, 9.17) is 0 Å². The van der Waals surface area contributed by atoms with Crippen molar-refractivity contribution in [3.63, 3.8) is 0 Å². The molecule has 0 aliphatic heterocycles. The minimum atomic E-state index is 1.18. The summed E-state index contributed by atoms with van der Waals surface area (Å²) in [5.74, 6) is 0. The summed E-state index contributed by atoms with van der Waals surface area (Å²) in [6, 6.07) is 0. The molecule has 1 rings (SSSR count). The largest absolute Gasteiger partial charge is 0.103 e. The van der Waals surface area contributed by atoms with E-state index in [1.54, 1.807) is 5.57 Å². The van der Waals surface area contributed by atoms with E-state index in [9.17, 15) is 0 Å². The Labute approximate surface area is 70.0 Å². The molecule has 0 aromatic heterocycles. The maximum absolute atomic E-state index is 3.72. The van der Waals surface area contributed by atoms with Crippen molar-refractivity contribution in [3.8, 4) is 0 Å². The maximum atomic E-state index is 3.72. The lowest BCUT2D eigenvalue weighted by Crippen LogP contribution is -1.91. The molecule has 0 aromatic carbocycles. The van der Waals surface area contributed by atoms with Crippen LogP contribution in [0.5, 0.6) is 0 Å². The highest BCUT2D eigenvalue weighted by Gasteiger charge is 2.01. The summed E-state index contributed by atoms with van der Waals surface area (Å²) in [6.45, 7) is 3.72. The predicted octanol–water partition coefficient (Wildman–Crippen LogP) is 3.84. The predicted molar refractivity (Wildman–Crippen MR) is 50.6 cm³/mol. The van der Waals surface area contributed by atoms with Crippen molar-refractivity contribution in [1.82, 2.24) is 0 Å². The van der Waals surface area contributed by atoms with Crippen molar-refractivity contribution in [3.05, 3.63) is 24.3 Å². The summed E-state index contributed by atoms with van der Waals surface area (Å²) in [6.07, 6.45) is 13.8. The van der Waals surface area contributed by atoms with Gasteiger partial charge in [-0.15, -0.1) is 6.58 Å². The third-order valence-corrected chi connectivity index (χ3v) is 2.29. The van der Waals surface area contributed by atoms with Crippen LogP contribution in [0, 0.1) is 0 Å². The van der Waals surface area contributed by atoms with Crippen LogP contribution in [0.3, 0.4) is 0 Å². The van der Waals surface area contributed by atoms with Crippen LogP contribution in [0.1, 0.15) is 44.9 Å². The molecule has 0 saturated heterocycles. The van der Waals surface area contributed by atoms with Gasteiger partial charge >= 0.3 is 0 Å². The van der Waals surface area contributed by atoms with Crippen LogP contribution in [0.15, 0.2) is 24.3 Å². The lowest BCUT2D eigenvalue weighted by atomic mass is 9.95. The fraction of sp³-hybridized carbons (Fsp3) is 0.636. The molecule has 0 atom stereocenters. The molecule has 0 unspecified atom stereocenters. The molecule has 0 amide bonds. The van der Waals surface area contributed by atoms with Gasteiger partial charge in [-0.2, -0.15) is 0 Å². The molecule has 0 spiro atoms. The SMILES string of the molecule is C=CCCCC1=CCCCC1. The van der Waals surface area contributed by atoms with E-state index in [1.807, 2.05) is 6.08 Å². The molecule has 0 heterocycles. The average molecular weight is 150 g/mol. The van der Waals surface area contributed by atoms with E-state index in [1.165, 1.54) is 44.9 Å². The monoisotopic (exact) mass is 150 g/mol. The van der Waals surface area contributed by atoms with E-state index in [0.717, 1.165) is 0 Å². The first-order valence-corrected chi connectivity index (χ1v) is 4.72. The minimum absolute atomic E-state index is 1.18. The zero-order chi connectivity index (χ0) is 7.94. The fourth-order valence-electron chi connectivity index (χ4n) is 1.61. The van der Waals surface area contributed by atoms with Gasteiger partial charge in [0.25, 0.3) is 0 Å². The molecule has 0 N–H and O–H groups in total. The highest BCUT2D eigenvalue weighted by molar-refractivity contribution is 5.04. The summed E-state index contributed by atoms with van der Waals surface area (Å²) in [5, 5.41) is 0. The molecule has 11 heavy (non-hydrogen) atoms. The van der Waals surface area contributed by atoms with Gasteiger partial charge in [0, 0.05) is 0 Å². The van der Waals surface area contributed by atoms with Crippen molar-refractivity contribution < 1.29 is 0 Å². The lowest BCUT2D eigenvalue weighted by Gasteiger charge is -2.11. The summed E-state index contributed by atoms with van der Waals surface area (Å²) in [5.41, 5.74) is 1.69. The van der Waals surface area contributed by atoms with Crippen molar-refractivity contribution in [2.75, 3.05) is 0 Å². The van der Waals surface area contributed by atoms with Crippen LogP contribution in [0.2, 0.25) is 0 Å². The number of rotatable bonds is 4. The highest BCUT2D eigenvalue weighted by Crippen LogP contribution is 2.21. The topological polar surface area (TPSA) is 0 Å². The van der Waals surface area contributed by atoms with Gasteiger partial charge in [-0.3, -0.25) is 0 Å². The van der Waals surface area contributed by atoms with Gasteiger partial charge in [0.1, 0.15) is 0 Å². The Hall–Kier alpha value is -0.520. The van der Waals surface area contributed by atoms with Gasteiger partial charge in [-0.25, -0.2) is 0 Å². The Morgan fingerprint density at radius 2 is 2.36 bits per heavy atom. The quantitative estimate of drug-likeness (QED) is 0.422. The Bertz CT molecular complexity index is 142. The smallest absolute Gasteiger partial charge is 0.0317 e. The minimum Gasteiger partial charge on any atom is -0.103 e. The molecular formula is C11H18. The molecule has 0 nitrogen and oxygen atoms in total. The Morgan fingerprint density at radius 3 is 3.00 bits per heavy atom. The van der Waals surface area contributed by atoms with E-state index < -0.39 is 0 Å². The van der Waals surface area contributed by atoms with Crippen molar-refractivity contribution in [2.24, 2.45) is 0 Å². The van der Waals surface area contributed by atoms with Crippen LogP contribution in [-0.4, -0.2) is 0 Å². The molecule has 0 heteroatoms. The number of hydrogen-bond donors (Lipinski definition) is 0. The second-order valence-corrected chi connectivity index (χ2v) is 3.29. The van der Waals surface area contributed by atoms with Gasteiger partial charge in [-0.1, -0.05) is 17.7 Å². The standard InChI is InChI=1S/C11H18/c1-2-3-5-8-11-9-6-4-7-10-11/h2,9H,1,3-8,10H2. The van der Waals surface area contributed by atoms with Crippen LogP contribution < -0.4 is 0 Å². The van der Waals surface area contributed by atoms with E-state index in [-0.39, 0.29) is 0 Å². The van der Waals surface area contributed by atoms with Crippen molar-refractivity contribution in [1.29, 1.82) is 0 Å². The molecule has 0 fully saturated rings. The molecule has 0 saturated carbocycles. The first-order chi connectivity index (χ1) is 5.43. The lowest BCUT2D eigenvalue weighted by molar-refractivity contribution is 0.662. The molecular weight excluding hydrogens is 132 g/mol. The van der Waals surface area contributed by atoms with Crippen molar-refractivity contribution >= 4 is 0 Å². The second-order valence-electron chi connectivity index (χ2n) is 3.29. The maximum Gasteiger partial charge on any atom is -0.0317 e. The van der Waals surface area contributed by atoms with Crippen LogP contribution in [0.4, 0.5) is 0 Å². The first-order valence-electron chi connectivity index (χ1n) is 4.72. The summed E-state index contributed by atoms with van der Waals surface area (Å²) < 4.78 is 0. The van der Waals surface area contributed by atoms with Gasteiger partial charge in [-0.05, 0) is 44.9 Å². The molecule has 0 bridgehead atoms. The second kappa shape index (κ2) is 5.17. The summed E-state index contributed by atoms with van der Waals surface area (Å²) in [4.78, 5) is 0. The van der Waals surface area contributed by atoms with Crippen molar-refractivity contribution in [2.45, 2.75) is 44.9 Å². The fourth-order valence-corrected chi connectivity index (χ4v) is 1.61. The third-order valence-electron chi connectivity index (χ3n) is 2.29. The highest BCUT2D eigenvalue weighted by atomic mass is 14.1. The van der Waals surface area contributed by atoms with E-state index in [2.05, 4.69) is 12.7 Å². The van der Waals surface area contributed by atoms with Gasteiger partial charge in [0.05, 0.1) is 0 Å². The number of unbranched alkanes of at least 4 members (excludes halogenated alkanes) is 1. The Kier molecular flexibility index (Phi) is 4.03. The van der Waals surface area contributed by atoms with Crippen LogP contribution in [0.25, 0.3) is 0 Å². The zero-order valence-electron chi connectivity index (χ0n) is 7.31. The molecule has 62 valence electrons. The van der Waals surface area contributed by atoms with E-state index >= 15 is 0 Å². The van der Waals surface area contributed by atoms with Crippen LogP contribution >= 0.6 is 0 Å². The van der Waals surface area contributed by atoms with Gasteiger partial charge < -0.3 is 0 Å². The normalized spacial score (nSPS) is 17.6. The number of allylic oxidation sites excluding steroid dienone is 3. The average Bonchev–Trinajstić information content (AvgIpc) is 2.07. The molecule has 1 aliphatic rings. The molecule has 1 aliphatic carbocycles. The molecule has 0 radical (unpaired) electrons. The Balaban J connectivity index is 2.14. The van der Waals surface area contributed by atoms with E-state index in [0.29, 0.717) is 0 Å². The third kappa shape index (κ3) is 3.41. The molecule has 0 aromatic rings. The summed E-state index contributed by atoms with van der Waals surface area (Å²) in [7, 11) is 0.